The molecule has 0 aromatic carbocycles. The Hall–Kier alpha value is -0.450. The molecule has 1 fully saturated rings. The first-order valence-corrected chi connectivity index (χ1v) is 9.14. The van der Waals surface area contributed by atoms with Crippen molar-refractivity contribution in [3.63, 3.8) is 0 Å². The second-order valence-electron chi connectivity index (χ2n) is 7.12. The van der Waals surface area contributed by atoms with Gasteiger partial charge in [-0.25, -0.2) is 4.98 Å². The predicted molar refractivity (Wildman–Crippen MR) is 90.1 cm³/mol. The molecule has 2 atom stereocenters. The van der Waals surface area contributed by atoms with Crippen LogP contribution in [0.4, 0.5) is 0 Å². The topological polar surface area (TPSA) is 34.2 Å². The Balaban J connectivity index is 2.01. The molecule has 120 valence electrons. The van der Waals surface area contributed by atoms with E-state index in [0.717, 1.165) is 26.2 Å². The second kappa shape index (κ2) is 7.70. The Bertz CT molecular complexity index is 419. The minimum atomic E-state index is 0.148. The van der Waals surface area contributed by atoms with E-state index in [0.29, 0.717) is 12.0 Å². The van der Waals surface area contributed by atoms with Crippen LogP contribution in [0.5, 0.6) is 0 Å². The average Bonchev–Trinajstić information content (AvgIpc) is 2.93. The zero-order valence-electron chi connectivity index (χ0n) is 13.9. The summed E-state index contributed by atoms with van der Waals surface area (Å²) in [5.41, 5.74) is 1.37. The molecule has 1 aromatic heterocycles. The number of nitrogens with zero attached hydrogens (tertiary/aromatic N) is 1. The number of nitrogens with one attached hydrogen (secondary N) is 1. The molecule has 0 saturated carbocycles. The van der Waals surface area contributed by atoms with Crippen LogP contribution < -0.4 is 5.32 Å². The first-order chi connectivity index (χ1) is 10.0. The van der Waals surface area contributed by atoms with Gasteiger partial charge >= 0.3 is 0 Å². The third-order valence-electron chi connectivity index (χ3n) is 4.14. The van der Waals surface area contributed by atoms with Crippen molar-refractivity contribution in [2.45, 2.75) is 64.8 Å². The van der Waals surface area contributed by atoms with Gasteiger partial charge in [0.1, 0.15) is 0 Å². The van der Waals surface area contributed by atoms with E-state index in [4.69, 9.17) is 9.72 Å². The highest BCUT2D eigenvalue weighted by Crippen LogP contribution is 2.26. The molecule has 3 nitrogen and oxygen atoms in total. The molecule has 2 heterocycles. The van der Waals surface area contributed by atoms with Crippen LogP contribution in [0.15, 0.2) is 5.38 Å². The lowest BCUT2D eigenvalue weighted by Crippen LogP contribution is -2.42. The van der Waals surface area contributed by atoms with Crippen molar-refractivity contribution >= 4 is 11.3 Å². The molecular weight excluding hydrogens is 280 g/mol. The van der Waals surface area contributed by atoms with Crippen LogP contribution in [0.25, 0.3) is 0 Å². The van der Waals surface area contributed by atoms with Gasteiger partial charge in [0.2, 0.25) is 0 Å². The zero-order valence-corrected chi connectivity index (χ0v) is 14.8. The number of ether oxygens (including phenoxy) is 1. The van der Waals surface area contributed by atoms with Crippen LogP contribution in [-0.2, 0) is 16.6 Å². The molecule has 0 radical (unpaired) electrons. The van der Waals surface area contributed by atoms with Gasteiger partial charge in [0.25, 0.3) is 0 Å². The van der Waals surface area contributed by atoms with E-state index in [-0.39, 0.29) is 5.41 Å². The Morgan fingerprint density at radius 1 is 1.48 bits per heavy atom. The molecule has 0 aliphatic carbocycles. The second-order valence-corrected chi connectivity index (χ2v) is 8.06. The fourth-order valence-corrected chi connectivity index (χ4v) is 3.84. The molecule has 1 saturated heterocycles. The summed E-state index contributed by atoms with van der Waals surface area (Å²) < 4.78 is 5.68. The Morgan fingerprint density at radius 3 is 2.86 bits per heavy atom. The number of hydrogen-bond acceptors (Lipinski definition) is 4. The van der Waals surface area contributed by atoms with Gasteiger partial charge in [0.15, 0.2) is 0 Å². The van der Waals surface area contributed by atoms with Crippen LogP contribution in [0.3, 0.4) is 0 Å². The van der Waals surface area contributed by atoms with Crippen molar-refractivity contribution in [1.82, 2.24) is 10.3 Å². The molecule has 21 heavy (non-hydrogen) atoms. The van der Waals surface area contributed by atoms with Gasteiger partial charge in [-0.1, -0.05) is 27.7 Å². The maximum atomic E-state index is 5.68. The average molecular weight is 311 g/mol. The molecule has 1 aliphatic heterocycles. The van der Waals surface area contributed by atoms with Crippen LogP contribution in [0, 0.1) is 5.92 Å². The van der Waals surface area contributed by atoms with E-state index in [1.165, 1.54) is 30.0 Å². The molecule has 0 amide bonds. The molecule has 1 aliphatic rings. The third kappa shape index (κ3) is 5.04. The normalized spacial score (nSPS) is 21.4. The molecule has 1 N–H and O–H groups in total. The summed E-state index contributed by atoms with van der Waals surface area (Å²) in [6.45, 7) is 11.8. The first-order valence-electron chi connectivity index (χ1n) is 8.26. The van der Waals surface area contributed by atoms with Gasteiger partial charge in [-0.05, 0) is 31.7 Å². The van der Waals surface area contributed by atoms with Crippen molar-refractivity contribution in [2.75, 3.05) is 19.8 Å². The van der Waals surface area contributed by atoms with E-state index >= 15 is 0 Å². The van der Waals surface area contributed by atoms with E-state index < -0.39 is 0 Å². The largest absolute Gasteiger partial charge is 0.381 e. The summed E-state index contributed by atoms with van der Waals surface area (Å²) in [5, 5.41) is 7.21. The highest BCUT2D eigenvalue weighted by atomic mass is 32.1. The Morgan fingerprint density at radius 2 is 2.29 bits per heavy atom. The molecule has 0 bridgehead atoms. The highest BCUT2D eigenvalue weighted by Gasteiger charge is 2.26. The summed E-state index contributed by atoms with van der Waals surface area (Å²) in [6, 6.07) is 0.504. The van der Waals surface area contributed by atoms with Gasteiger partial charge in [-0.3, -0.25) is 0 Å². The lowest BCUT2D eigenvalue weighted by atomic mass is 9.91. The molecule has 2 unspecified atom stereocenters. The minimum absolute atomic E-state index is 0.148. The zero-order chi connectivity index (χ0) is 15.3. The van der Waals surface area contributed by atoms with Crippen molar-refractivity contribution in [3.05, 3.63) is 16.1 Å². The first kappa shape index (κ1) is 16.9. The number of aromatic nitrogens is 1. The quantitative estimate of drug-likeness (QED) is 0.868. The van der Waals surface area contributed by atoms with Crippen molar-refractivity contribution in [3.8, 4) is 0 Å². The highest BCUT2D eigenvalue weighted by molar-refractivity contribution is 7.09. The van der Waals surface area contributed by atoms with E-state index in [9.17, 15) is 0 Å². The monoisotopic (exact) mass is 310 g/mol. The summed E-state index contributed by atoms with van der Waals surface area (Å²) in [5.74, 6) is 0.632. The lowest BCUT2D eigenvalue weighted by molar-refractivity contribution is 0.0393. The summed E-state index contributed by atoms with van der Waals surface area (Å²) in [6.07, 6.45) is 4.68. The predicted octanol–water partition coefficient (Wildman–Crippen LogP) is 3.78. The summed E-state index contributed by atoms with van der Waals surface area (Å²) in [4.78, 5) is 4.86. The van der Waals surface area contributed by atoms with Crippen molar-refractivity contribution in [1.29, 1.82) is 0 Å². The van der Waals surface area contributed by atoms with Gasteiger partial charge in [-0.15, -0.1) is 11.3 Å². The summed E-state index contributed by atoms with van der Waals surface area (Å²) >= 11 is 1.81. The maximum absolute atomic E-state index is 5.68. The van der Waals surface area contributed by atoms with Gasteiger partial charge in [0.05, 0.1) is 17.3 Å². The molecule has 1 aromatic rings. The number of rotatable bonds is 6. The smallest absolute Gasteiger partial charge is 0.0944 e. The molecule has 4 heteroatoms. The van der Waals surface area contributed by atoms with Crippen LogP contribution in [0.2, 0.25) is 0 Å². The fraction of sp³-hybridized carbons (Fsp3) is 0.824. The standard InChI is InChI=1S/C17H30N2OS/c1-5-8-18-14(13-7-6-9-20-11-13)10-16-19-15(12-21-16)17(2,3)4/h12-14,18H,5-11H2,1-4H3. The molecule has 2 rings (SSSR count). The SMILES string of the molecule is CCCNC(Cc1nc(C(C)(C)C)cs1)C1CCCOC1. The number of hydrogen-bond donors (Lipinski definition) is 1. The number of thiazole rings is 1. The van der Waals surface area contributed by atoms with Crippen molar-refractivity contribution < 1.29 is 4.74 Å². The van der Waals surface area contributed by atoms with Crippen LogP contribution in [0.1, 0.15) is 57.7 Å². The van der Waals surface area contributed by atoms with Crippen LogP contribution >= 0.6 is 11.3 Å². The molecule has 0 spiro atoms. The van der Waals surface area contributed by atoms with Gasteiger partial charge in [0, 0.05) is 29.9 Å². The minimum Gasteiger partial charge on any atom is -0.381 e. The lowest BCUT2D eigenvalue weighted by Gasteiger charge is -2.30. The molecular formula is C17H30N2OS. The third-order valence-corrected chi connectivity index (χ3v) is 5.01. The summed E-state index contributed by atoms with van der Waals surface area (Å²) in [7, 11) is 0. The van der Waals surface area contributed by atoms with E-state index in [1.807, 2.05) is 11.3 Å². The maximum Gasteiger partial charge on any atom is 0.0944 e. The van der Waals surface area contributed by atoms with E-state index in [2.05, 4.69) is 38.4 Å². The fourth-order valence-electron chi connectivity index (χ4n) is 2.76. The van der Waals surface area contributed by atoms with E-state index in [1.54, 1.807) is 0 Å². The Labute approximate surface area is 133 Å². The van der Waals surface area contributed by atoms with Crippen LogP contribution in [-0.4, -0.2) is 30.8 Å². The van der Waals surface area contributed by atoms with Gasteiger partial charge < -0.3 is 10.1 Å². The van der Waals surface area contributed by atoms with Crippen molar-refractivity contribution in [2.24, 2.45) is 5.92 Å². The van der Waals surface area contributed by atoms with Gasteiger partial charge in [-0.2, -0.15) is 0 Å². The Kier molecular flexibility index (Phi) is 6.20.